The largest absolute Gasteiger partial charge is 0.369 e. The number of nitrogens with zero attached hydrogens (tertiary/aromatic N) is 2. The van der Waals surface area contributed by atoms with Crippen LogP contribution in [-0.4, -0.2) is 56.0 Å². The molecular formula is C20H21F3N4O2. The Hall–Kier alpha value is -3.07. The van der Waals surface area contributed by atoms with Gasteiger partial charge in [0.05, 0.1) is 5.69 Å². The van der Waals surface area contributed by atoms with Crippen LogP contribution in [-0.2, 0) is 9.59 Å². The maximum Gasteiger partial charge on any atom is 0.313 e. The fourth-order valence-electron chi connectivity index (χ4n) is 3.06. The van der Waals surface area contributed by atoms with Crippen molar-refractivity contribution in [1.29, 1.82) is 0 Å². The van der Waals surface area contributed by atoms with E-state index in [0.29, 0.717) is 12.6 Å². The van der Waals surface area contributed by atoms with Crippen LogP contribution in [0.1, 0.15) is 0 Å². The van der Waals surface area contributed by atoms with Crippen LogP contribution < -0.4 is 15.5 Å². The highest BCUT2D eigenvalue weighted by Crippen LogP contribution is 2.17. The molecule has 3 rings (SSSR count). The molecule has 1 aliphatic rings. The molecule has 0 atom stereocenters. The lowest BCUT2D eigenvalue weighted by Crippen LogP contribution is -2.49. The van der Waals surface area contributed by atoms with Gasteiger partial charge in [-0.3, -0.25) is 14.5 Å². The summed E-state index contributed by atoms with van der Waals surface area (Å²) in [5, 5.41) is 4.60. The number of amides is 2. The molecule has 0 bridgehead atoms. The molecular weight excluding hydrogens is 385 g/mol. The Morgan fingerprint density at radius 2 is 1.52 bits per heavy atom. The number of piperazine rings is 1. The first-order valence-corrected chi connectivity index (χ1v) is 9.19. The van der Waals surface area contributed by atoms with E-state index >= 15 is 0 Å². The predicted octanol–water partition coefficient (Wildman–Crippen LogP) is 1.98. The van der Waals surface area contributed by atoms with Gasteiger partial charge in [-0.2, -0.15) is 0 Å². The molecule has 1 saturated heterocycles. The fraction of sp³-hybridized carbons (Fsp3) is 0.300. The Kier molecular flexibility index (Phi) is 6.71. The third kappa shape index (κ3) is 5.71. The van der Waals surface area contributed by atoms with Crippen LogP contribution in [0.4, 0.5) is 24.5 Å². The van der Waals surface area contributed by atoms with Gasteiger partial charge in [0.2, 0.25) is 0 Å². The van der Waals surface area contributed by atoms with E-state index < -0.39 is 23.4 Å². The standard InChI is InChI=1S/C20H21F3N4O2/c21-14-1-4-16(5-2-14)27-11-9-26(10-12-27)8-7-24-19(28)20(29)25-18-6-3-15(22)13-17(18)23/h1-6,13H,7-12H2,(H,24,28)(H,25,29). The van der Waals surface area contributed by atoms with Crippen molar-refractivity contribution >= 4 is 23.2 Å². The summed E-state index contributed by atoms with van der Waals surface area (Å²) in [6.07, 6.45) is 0. The van der Waals surface area contributed by atoms with Gasteiger partial charge in [-0.25, -0.2) is 13.2 Å². The quantitative estimate of drug-likeness (QED) is 0.746. The van der Waals surface area contributed by atoms with Crippen molar-refractivity contribution < 1.29 is 22.8 Å². The lowest BCUT2D eigenvalue weighted by molar-refractivity contribution is -0.136. The topological polar surface area (TPSA) is 64.7 Å². The summed E-state index contributed by atoms with van der Waals surface area (Å²) in [6.45, 7) is 3.88. The minimum atomic E-state index is -1.02. The van der Waals surface area contributed by atoms with Crippen LogP contribution in [0.2, 0.25) is 0 Å². The third-order valence-corrected chi connectivity index (χ3v) is 4.66. The van der Waals surface area contributed by atoms with Gasteiger partial charge in [-0.05, 0) is 36.4 Å². The summed E-state index contributed by atoms with van der Waals surface area (Å²) in [5.74, 6) is -3.90. The predicted molar refractivity (Wildman–Crippen MR) is 103 cm³/mol. The van der Waals surface area contributed by atoms with Crippen molar-refractivity contribution in [2.24, 2.45) is 0 Å². The number of carbonyl (C=O) groups is 2. The summed E-state index contributed by atoms with van der Waals surface area (Å²) in [4.78, 5) is 28.0. The van der Waals surface area contributed by atoms with E-state index in [9.17, 15) is 22.8 Å². The molecule has 0 saturated carbocycles. The van der Waals surface area contributed by atoms with Crippen molar-refractivity contribution in [3.8, 4) is 0 Å². The van der Waals surface area contributed by atoms with Crippen molar-refractivity contribution in [3.63, 3.8) is 0 Å². The molecule has 29 heavy (non-hydrogen) atoms. The number of carbonyl (C=O) groups excluding carboxylic acids is 2. The maximum atomic E-state index is 13.5. The van der Waals surface area contributed by atoms with Gasteiger partial charge < -0.3 is 15.5 Å². The molecule has 0 aliphatic carbocycles. The maximum absolute atomic E-state index is 13.5. The van der Waals surface area contributed by atoms with E-state index in [2.05, 4.69) is 20.4 Å². The van der Waals surface area contributed by atoms with Gasteiger partial charge in [-0.15, -0.1) is 0 Å². The highest BCUT2D eigenvalue weighted by atomic mass is 19.1. The van der Waals surface area contributed by atoms with Gasteiger partial charge in [0, 0.05) is 51.0 Å². The van der Waals surface area contributed by atoms with Crippen LogP contribution in [0.5, 0.6) is 0 Å². The molecule has 0 radical (unpaired) electrons. The molecule has 0 spiro atoms. The molecule has 154 valence electrons. The van der Waals surface area contributed by atoms with Gasteiger partial charge in [-0.1, -0.05) is 0 Å². The van der Waals surface area contributed by atoms with Crippen LogP contribution >= 0.6 is 0 Å². The normalized spacial score (nSPS) is 14.5. The Bertz CT molecular complexity index is 869. The first-order valence-electron chi connectivity index (χ1n) is 9.19. The zero-order chi connectivity index (χ0) is 20.8. The third-order valence-electron chi connectivity index (χ3n) is 4.66. The van der Waals surface area contributed by atoms with E-state index in [1.807, 2.05) is 0 Å². The Morgan fingerprint density at radius 1 is 0.862 bits per heavy atom. The second-order valence-corrected chi connectivity index (χ2v) is 6.64. The number of rotatable bonds is 5. The van der Waals surface area contributed by atoms with E-state index in [4.69, 9.17) is 0 Å². The summed E-state index contributed by atoms with van der Waals surface area (Å²) in [7, 11) is 0. The number of anilines is 2. The first-order chi connectivity index (χ1) is 13.9. The minimum Gasteiger partial charge on any atom is -0.369 e. The lowest BCUT2D eigenvalue weighted by atomic mass is 10.2. The smallest absolute Gasteiger partial charge is 0.313 e. The second kappa shape index (κ2) is 9.42. The van der Waals surface area contributed by atoms with E-state index in [1.54, 1.807) is 12.1 Å². The first kappa shape index (κ1) is 20.7. The molecule has 6 nitrogen and oxygen atoms in total. The van der Waals surface area contributed by atoms with Crippen LogP contribution in [0, 0.1) is 17.5 Å². The second-order valence-electron chi connectivity index (χ2n) is 6.64. The highest BCUT2D eigenvalue weighted by molar-refractivity contribution is 6.39. The molecule has 2 amide bonds. The average molecular weight is 406 g/mol. The molecule has 1 aliphatic heterocycles. The molecule has 2 aromatic carbocycles. The molecule has 0 aromatic heterocycles. The van der Waals surface area contributed by atoms with Crippen molar-refractivity contribution in [2.75, 3.05) is 49.5 Å². The summed E-state index contributed by atoms with van der Waals surface area (Å²) in [5.41, 5.74) is 0.701. The monoisotopic (exact) mass is 406 g/mol. The molecule has 9 heteroatoms. The molecule has 2 aromatic rings. The number of hydrogen-bond acceptors (Lipinski definition) is 4. The molecule has 1 heterocycles. The van der Waals surface area contributed by atoms with Crippen LogP contribution in [0.25, 0.3) is 0 Å². The van der Waals surface area contributed by atoms with E-state index in [1.165, 1.54) is 12.1 Å². The SMILES string of the molecule is O=C(NCCN1CCN(c2ccc(F)cc2)CC1)C(=O)Nc1ccc(F)cc1F. The van der Waals surface area contributed by atoms with E-state index in [0.717, 1.165) is 44.0 Å². The zero-order valence-corrected chi connectivity index (χ0v) is 15.6. The molecule has 1 fully saturated rings. The van der Waals surface area contributed by atoms with Gasteiger partial charge in [0.15, 0.2) is 0 Å². The Labute approximate surface area is 166 Å². The molecule has 2 N–H and O–H groups in total. The summed E-state index contributed by atoms with van der Waals surface area (Å²) in [6, 6.07) is 9.01. The van der Waals surface area contributed by atoms with Crippen molar-refractivity contribution in [2.45, 2.75) is 0 Å². The number of halogens is 3. The summed E-state index contributed by atoms with van der Waals surface area (Å²) < 4.78 is 39.4. The van der Waals surface area contributed by atoms with E-state index in [-0.39, 0.29) is 18.0 Å². The highest BCUT2D eigenvalue weighted by Gasteiger charge is 2.19. The fourth-order valence-corrected chi connectivity index (χ4v) is 3.06. The number of nitrogens with one attached hydrogen (secondary N) is 2. The van der Waals surface area contributed by atoms with Crippen LogP contribution in [0.3, 0.4) is 0 Å². The Morgan fingerprint density at radius 3 is 2.17 bits per heavy atom. The average Bonchev–Trinajstić information content (AvgIpc) is 2.71. The van der Waals surface area contributed by atoms with Crippen LogP contribution in [0.15, 0.2) is 42.5 Å². The molecule has 0 unspecified atom stereocenters. The lowest BCUT2D eigenvalue weighted by Gasteiger charge is -2.36. The van der Waals surface area contributed by atoms with Crippen molar-refractivity contribution in [3.05, 3.63) is 59.9 Å². The summed E-state index contributed by atoms with van der Waals surface area (Å²) >= 11 is 0. The zero-order valence-electron chi connectivity index (χ0n) is 15.6. The minimum absolute atomic E-state index is 0.259. The number of benzene rings is 2. The number of hydrogen-bond donors (Lipinski definition) is 2. The van der Waals surface area contributed by atoms with Gasteiger partial charge in [0.1, 0.15) is 17.5 Å². The Balaban J connectivity index is 1.38. The van der Waals surface area contributed by atoms with Gasteiger partial charge in [0.25, 0.3) is 0 Å². The van der Waals surface area contributed by atoms with Crippen molar-refractivity contribution in [1.82, 2.24) is 10.2 Å². The van der Waals surface area contributed by atoms with Gasteiger partial charge >= 0.3 is 11.8 Å².